The molecule has 3 rings (SSSR count). The fourth-order valence-electron chi connectivity index (χ4n) is 1.88. The van der Waals surface area contributed by atoms with Crippen LogP contribution in [0.2, 0.25) is 0 Å². The molecule has 2 aromatic rings. The lowest BCUT2D eigenvalue weighted by molar-refractivity contribution is -0.137. The summed E-state index contributed by atoms with van der Waals surface area (Å²) in [5.41, 5.74) is 0.223. The molecule has 1 saturated carbocycles. The summed E-state index contributed by atoms with van der Waals surface area (Å²) >= 11 is 1.50. The molecule has 0 amide bonds. The minimum atomic E-state index is -4.28. The van der Waals surface area contributed by atoms with Crippen molar-refractivity contribution < 1.29 is 13.2 Å². The van der Waals surface area contributed by atoms with Crippen molar-refractivity contribution in [3.63, 3.8) is 0 Å². The molecule has 0 radical (unpaired) electrons. The molecule has 1 aromatic heterocycles. The van der Waals surface area contributed by atoms with Gasteiger partial charge in [-0.25, -0.2) is 0 Å². The lowest BCUT2D eigenvalue weighted by Gasteiger charge is -2.07. The first-order valence-corrected chi connectivity index (χ1v) is 7.21. The second-order valence-electron chi connectivity index (χ2n) is 4.74. The van der Waals surface area contributed by atoms with E-state index in [2.05, 4.69) is 10.2 Å². The van der Waals surface area contributed by atoms with Gasteiger partial charge in [0.05, 0.1) is 5.56 Å². The Kier molecular flexibility index (Phi) is 3.45. The third-order valence-electron chi connectivity index (χ3n) is 3.13. The molecule has 7 heteroatoms. The highest BCUT2D eigenvalue weighted by atomic mass is 32.2. The van der Waals surface area contributed by atoms with Crippen LogP contribution in [0.25, 0.3) is 0 Å². The Morgan fingerprint density at radius 1 is 1.20 bits per heavy atom. The number of benzene rings is 1. The summed E-state index contributed by atoms with van der Waals surface area (Å²) in [6, 6.07) is 5.74. The number of alkyl halides is 3. The van der Waals surface area contributed by atoms with Crippen LogP contribution in [0.15, 0.2) is 35.7 Å². The fourth-order valence-corrected chi connectivity index (χ4v) is 2.81. The van der Waals surface area contributed by atoms with Crippen LogP contribution in [0.4, 0.5) is 13.2 Å². The normalized spacial score (nSPS) is 15.6. The van der Waals surface area contributed by atoms with Crippen molar-refractivity contribution in [2.24, 2.45) is 0 Å². The van der Waals surface area contributed by atoms with Gasteiger partial charge in [0.25, 0.3) is 0 Å². The zero-order valence-corrected chi connectivity index (χ0v) is 11.3. The zero-order chi connectivity index (χ0) is 14.2. The van der Waals surface area contributed by atoms with Crippen LogP contribution >= 0.6 is 11.8 Å². The monoisotopic (exact) mass is 299 g/mol. The molecule has 0 atom stereocenters. The van der Waals surface area contributed by atoms with Gasteiger partial charge >= 0.3 is 6.18 Å². The molecule has 1 aliphatic rings. The van der Waals surface area contributed by atoms with Crippen molar-refractivity contribution in [3.05, 3.63) is 41.7 Å². The molecule has 0 aliphatic heterocycles. The Bertz CT molecular complexity index is 588. The van der Waals surface area contributed by atoms with Crippen LogP contribution in [0.3, 0.4) is 0 Å². The van der Waals surface area contributed by atoms with E-state index < -0.39 is 11.7 Å². The standard InChI is InChI=1S/C13H12F3N3S/c14-13(15,16)10-3-1-9(2-4-10)7-20-12-18-17-8-19(12)11-5-6-11/h1-4,8,11H,5-7H2. The Hall–Kier alpha value is -1.50. The maximum atomic E-state index is 12.5. The second kappa shape index (κ2) is 5.12. The molecule has 1 fully saturated rings. The van der Waals surface area contributed by atoms with Gasteiger partial charge in [-0.05, 0) is 30.5 Å². The largest absolute Gasteiger partial charge is 0.416 e. The van der Waals surface area contributed by atoms with Gasteiger partial charge in [-0.2, -0.15) is 13.2 Å². The smallest absolute Gasteiger partial charge is 0.306 e. The van der Waals surface area contributed by atoms with Crippen molar-refractivity contribution in [1.82, 2.24) is 14.8 Å². The van der Waals surface area contributed by atoms with E-state index in [4.69, 9.17) is 0 Å². The number of hydrogen-bond acceptors (Lipinski definition) is 3. The number of thioether (sulfide) groups is 1. The quantitative estimate of drug-likeness (QED) is 0.802. The summed E-state index contributed by atoms with van der Waals surface area (Å²) in [5.74, 6) is 0.587. The first-order chi connectivity index (χ1) is 9.54. The van der Waals surface area contributed by atoms with Gasteiger partial charge in [0.15, 0.2) is 5.16 Å². The van der Waals surface area contributed by atoms with Gasteiger partial charge in [0.1, 0.15) is 6.33 Å². The number of nitrogens with zero attached hydrogens (tertiary/aromatic N) is 3. The molecular weight excluding hydrogens is 287 g/mol. The number of halogens is 3. The van der Waals surface area contributed by atoms with Gasteiger partial charge in [-0.3, -0.25) is 0 Å². The molecule has 0 bridgehead atoms. The molecule has 0 spiro atoms. The molecule has 0 saturated heterocycles. The van der Waals surface area contributed by atoms with Crippen LogP contribution in [0.5, 0.6) is 0 Å². The maximum Gasteiger partial charge on any atom is 0.416 e. The van der Waals surface area contributed by atoms with Crippen molar-refractivity contribution in [2.45, 2.75) is 36.0 Å². The Labute approximate surface area is 118 Å². The molecule has 3 nitrogen and oxygen atoms in total. The Morgan fingerprint density at radius 3 is 2.50 bits per heavy atom. The highest BCUT2D eigenvalue weighted by Gasteiger charge is 2.30. The van der Waals surface area contributed by atoms with E-state index in [-0.39, 0.29) is 0 Å². The highest BCUT2D eigenvalue weighted by molar-refractivity contribution is 7.98. The summed E-state index contributed by atoms with van der Waals surface area (Å²) in [6.07, 6.45) is -0.275. The lowest BCUT2D eigenvalue weighted by Crippen LogP contribution is -2.04. The first-order valence-electron chi connectivity index (χ1n) is 6.22. The molecule has 106 valence electrons. The number of hydrogen-bond donors (Lipinski definition) is 0. The zero-order valence-electron chi connectivity index (χ0n) is 10.5. The van der Waals surface area contributed by atoms with E-state index in [0.717, 1.165) is 35.7 Å². The van der Waals surface area contributed by atoms with Gasteiger partial charge in [-0.1, -0.05) is 23.9 Å². The third-order valence-corrected chi connectivity index (χ3v) is 4.16. The van der Waals surface area contributed by atoms with Crippen molar-refractivity contribution in [3.8, 4) is 0 Å². The van der Waals surface area contributed by atoms with E-state index in [1.165, 1.54) is 23.9 Å². The van der Waals surface area contributed by atoms with Gasteiger partial charge in [0, 0.05) is 11.8 Å². The summed E-state index contributed by atoms with van der Waals surface area (Å²) < 4.78 is 39.4. The first kappa shape index (κ1) is 13.5. The van der Waals surface area contributed by atoms with E-state index in [0.29, 0.717) is 11.8 Å². The van der Waals surface area contributed by atoms with Crippen LogP contribution in [-0.4, -0.2) is 14.8 Å². The van der Waals surface area contributed by atoms with E-state index >= 15 is 0 Å². The van der Waals surface area contributed by atoms with Gasteiger partial charge in [-0.15, -0.1) is 10.2 Å². The molecule has 1 aromatic carbocycles. The highest BCUT2D eigenvalue weighted by Crippen LogP contribution is 2.38. The van der Waals surface area contributed by atoms with E-state index in [1.807, 2.05) is 4.57 Å². The fraction of sp³-hybridized carbons (Fsp3) is 0.385. The van der Waals surface area contributed by atoms with E-state index in [1.54, 1.807) is 6.33 Å². The maximum absolute atomic E-state index is 12.5. The molecule has 1 aliphatic carbocycles. The predicted molar refractivity (Wildman–Crippen MR) is 69.3 cm³/mol. The predicted octanol–water partition coefficient (Wildman–Crippen LogP) is 3.92. The summed E-state index contributed by atoms with van der Waals surface area (Å²) in [7, 11) is 0. The Morgan fingerprint density at radius 2 is 1.90 bits per heavy atom. The van der Waals surface area contributed by atoms with Crippen molar-refractivity contribution >= 4 is 11.8 Å². The molecule has 0 unspecified atom stereocenters. The molecule has 0 N–H and O–H groups in total. The van der Waals surface area contributed by atoms with Gasteiger partial charge < -0.3 is 4.57 Å². The van der Waals surface area contributed by atoms with Crippen LogP contribution in [0, 0.1) is 0 Å². The number of aromatic nitrogens is 3. The van der Waals surface area contributed by atoms with Crippen LogP contribution in [0.1, 0.15) is 30.0 Å². The second-order valence-corrected chi connectivity index (χ2v) is 5.68. The molecule has 20 heavy (non-hydrogen) atoms. The molecular formula is C13H12F3N3S. The third kappa shape index (κ3) is 2.98. The van der Waals surface area contributed by atoms with Gasteiger partial charge in [0.2, 0.25) is 0 Å². The topological polar surface area (TPSA) is 30.7 Å². The summed E-state index contributed by atoms with van der Waals surface area (Å²) in [4.78, 5) is 0. The minimum absolute atomic E-state index is 0.500. The minimum Gasteiger partial charge on any atom is -0.306 e. The van der Waals surface area contributed by atoms with Crippen molar-refractivity contribution in [1.29, 1.82) is 0 Å². The summed E-state index contributed by atoms with van der Waals surface area (Å²) in [5, 5.41) is 8.76. The SMILES string of the molecule is FC(F)(F)c1ccc(CSc2nncn2C2CC2)cc1. The van der Waals surface area contributed by atoms with E-state index in [9.17, 15) is 13.2 Å². The van der Waals surface area contributed by atoms with Crippen molar-refractivity contribution in [2.75, 3.05) is 0 Å². The van der Waals surface area contributed by atoms with Crippen LogP contribution in [-0.2, 0) is 11.9 Å². The van der Waals surface area contributed by atoms with Crippen LogP contribution < -0.4 is 0 Å². The summed E-state index contributed by atoms with van der Waals surface area (Å²) in [6.45, 7) is 0. The number of rotatable bonds is 4. The molecule has 1 heterocycles. The lowest BCUT2D eigenvalue weighted by atomic mass is 10.1. The average Bonchev–Trinajstić information content (AvgIpc) is 3.15. The Balaban J connectivity index is 1.65. The average molecular weight is 299 g/mol.